The Morgan fingerprint density at radius 1 is 1.34 bits per heavy atom. The molecule has 3 aliphatic carbocycles. The van der Waals surface area contributed by atoms with Crippen molar-refractivity contribution in [3.63, 3.8) is 0 Å². The maximum absolute atomic E-state index is 15.4. The lowest BCUT2D eigenvalue weighted by molar-refractivity contribution is -0.160. The van der Waals surface area contributed by atoms with Gasteiger partial charge in [-0.25, -0.2) is 13.6 Å². The standard InChI is InChI=1S/C26H30F2O6S/c1-14-9-17(15-10-19(27)18-11-16(29)6-7-24(18,2)12-15)25(3,13-21(28)30)26(14,23(32)35)34-22(31)20-5-4-8-33-20/h4-8,11,14-15,17,19,21,30H,9-10,12-13H2,1-3H3,(H,32,35)/t14-,15?,17?,19+,21?,24-,25+,26+/m1/s1. The number of ketones is 1. The number of allylic oxidation sites excluding steroid dienone is 4. The minimum atomic E-state index is -2.30. The lowest BCUT2D eigenvalue weighted by Crippen LogP contribution is -2.57. The summed E-state index contributed by atoms with van der Waals surface area (Å²) in [4.78, 5) is 37.9. The van der Waals surface area contributed by atoms with Gasteiger partial charge in [-0.3, -0.25) is 9.59 Å². The topological polar surface area (TPSA) is 93.8 Å². The van der Waals surface area contributed by atoms with E-state index in [9.17, 15) is 23.9 Å². The summed E-state index contributed by atoms with van der Waals surface area (Å²) in [5.74, 6) is -2.70. The predicted octanol–water partition coefficient (Wildman–Crippen LogP) is 4.79. The fraction of sp³-hybridized carbons (Fsp3) is 0.577. The molecule has 1 heterocycles. The van der Waals surface area contributed by atoms with Crippen LogP contribution in [0.4, 0.5) is 8.78 Å². The molecule has 9 heteroatoms. The average molecular weight is 509 g/mol. The third kappa shape index (κ3) is 4.10. The highest BCUT2D eigenvalue weighted by Gasteiger charge is 2.69. The van der Waals surface area contributed by atoms with Crippen LogP contribution in [0.5, 0.6) is 0 Å². The highest BCUT2D eigenvalue weighted by molar-refractivity contribution is 7.96. The maximum Gasteiger partial charge on any atom is 0.375 e. The van der Waals surface area contributed by atoms with E-state index in [1.165, 1.54) is 30.5 Å². The van der Waals surface area contributed by atoms with Crippen molar-refractivity contribution in [2.75, 3.05) is 0 Å². The number of rotatable bonds is 6. The second kappa shape index (κ2) is 9.00. The van der Waals surface area contributed by atoms with E-state index in [4.69, 9.17) is 9.15 Å². The monoisotopic (exact) mass is 508 g/mol. The zero-order valence-electron chi connectivity index (χ0n) is 19.9. The molecule has 0 amide bonds. The van der Waals surface area contributed by atoms with Gasteiger partial charge in [-0.2, -0.15) is 0 Å². The molecular formula is C26H30F2O6S. The number of furan rings is 1. The van der Waals surface area contributed by atoms with Crippen LogP contribution in [0.1, 0.15) is 57.0 Å². The Bertz CT molecular complexity index is 1080. The molecule has 1 N–H and O–H groups in total. The molecule has 190 valence electrons. The molecule has 2 saturated carbocycles. The molecule has 4 rings (SSSR count). The molecule has 0 aromatic carbocycles. The molecule has 1 aromatic heterocycles. The smallest absolute Gasteiger partial charge is 0.375 e. The fourth-order valence-corrected chi connectivity index (χ4v) is 7.53. The first kappa shape index (κ1) is 25.8. The largest absolute Gasteiger partial charge is 0.457 e. The molecule has 0 bridgehead atoms. The number of hydrogen-bond donors (Lipinski definition) is 2. The van der Waals surface area contributed by atoms with Gasteiger partial charge in [0.15, 0.2) is 17.7 Å². The number of thiol groups is 1. The summed E-state index contributed by atoms with van der Waals surface area (Å²) in [7, 11) is 0. The lowest BCUT2D eigenvalue weighted by Gasteiger charge is -2.50. The second-order valence-electron chi connectivity index (χ2n) is 10.6. The Morgan fingerprint density at radius 3 is 2.66 bits per heavy atom. The summed E-state index contributed by atoms with van der Waals surface area (Å²) in [6.07, 6.45) is 2.42. The van der Waals surface area contributed by atoms with Gasteiger partial charge in [0.2, 0.25) is 10.9 Å². The van der Waals surface area contributed by atoms with Crippen LogP contribution in [0.2, 0.25) is 0 Å². The van der Waals surface area contributed by atoms with Crippen LogP contribution in [-0.4, -0.2) is 40.1 Å². The zero-order valence-corrected chi connectivity index (χ0v) is 20.8. The van der Waals surface area contributed by atoms with Gasteiger partial charge in [0, 0.05) is 23.2 Å². The van der Waals surface area contributed by atoms with Crippen molar-refractivity contribution >= 4 is 29.5 Å². The van der Waals surface area contributed by atoms with Crippen LogP contribution in [0, 0.1) is 28.6 Å². The number of aliphatic hydroxyl groups is 1. The summed E-state index contributed by atoms with van der Waals surface area (Å²) >= 11 is 4.09. The predicted molar refractivity (Wildman–Crippen MR) is 126 cm³/mol. The number of alkyl halides is 2. The fourth-order valence-electron chi connectivity index (χ4n) is 7.01. The van der Waals surface area contributed by atoms with Gasteiger partial charge in [0.1, 0.15) is 6.17 Å². The van der Waals surface area contributed by atoms with E-state index in [2.05, 4.69) is 12.6 Å². The first-order valence-electron chi connectivity index (χ1n) is 11.8. The van der Waals surface area contributed by atoms with Crippen LogP contribution in [0.25, 0.3) is 0 Å². The van der Waals surface area contributed by atoms with Crippen LogP contribution >= 0.6 is 12.6 Å². The number of fused-ring (bicyclic) bond motifs is 1. The second-order valence-corrected chi connectivity index (χ2v) is 11.0. The number of halogens is 2. The Kier molecular flexibility index (Phi) is 6.64. The highest BCUT2D eigenvalue weighted by atomic mass is 32.1. The number of esters is 1. The molecule has 8 atom stereocenters. The van der Waals surface area contributed by atoms with Crippen LogP contribution < -0.4 is 0 Å². The molecule has 3 aliphatic rings. The van der Waals surface area contributed by atoms with Gasteiger partial charge >= 0.3 is 5.97 Å². The number of carbonyl (C=O) groups excluding carboxylic acids is 3. The van der Waals surface area contributed by atoms with E-state index in [1.54, 1.807) is 19.9 Å². The van der Waals surface area contributed by atoms with Crippen molar-refractivity contribution in [1.82, 2.24) is 0 Å². The number of carbonyl (C=O) groups is 3. The molecule has 0 radical (unpaired) electrons. The highest BCUT2D eigenvalue weighted by Crippen LogP contribution is 2.64. The lowest BCUT2D eigenvalue weighted by atomic mass is 9.56. The van der Waals surface area contributed by atoms with Gasteiger partial charge in [-0.15, -0.1) is 12.6 Å². The summed E-state index contributed by atoms with van der Waals surface area (Å²) in [5, 5.41) is 9.07. The summed E-state index contributed by atoms with van der Waals surface area (Å²) in [6.45, 7) is 5.18. The van der Waals surface area contributed by atoms with Crippen LogP contribution in [0.15, 0.2) is 46.6 Å². The number of aliphatic hydroxyl groups excluding tert-OH is 1. The molecule has 3 unspecified atom stereocenters. The SMILES string of the molecule is C[C@@H]1CC(C2C[C@H](F)C3=CC(=O)C=C[C@]3(C)C2)[C@](C)(CC(O)F)[C@@]1(OC(=O)c1ccco1)C(=O)S. The van der Waals surface area contributed by atoms with E-state index in [1.807, 2.05) is 6.92 Å². The van der Waals surface area contributed by atoms with Crippen molar-refractivity contribution in [2.24, 2.45) is 28.6 Å². The van der Waals surface area contributed by atoms with Crippen LogP contribution in [0.3, 0.4) is 0 Å². The van der Waals surface area contributed by atoms with Crippen LogP contribution in [-0.2, 0) is 14.3 Å². The number of ether oxygens (including phenoxy) is 1. The van der Waals surface area contributed by atoms with E-state index in [0.717, 1.165) is 0 Å². The molecule has 35 heavy (non-hydrogen) atoms. The summed E-state index contributed by atoms with van der Waals surface area (Å²) in [6, 6.07) is 2.88. The number of hydrogen-bond acceptors (Lipinski definition) is 6. The molecule has 6 nitrogen and oxygen atoms in total. The molecular weight excluding hydrogens is 478 g/mol. The summed E-state index contributed by atoms with van der Waals surface area (Å²) < 4.78 is 40.7. The molecule has 0 aliphatic heterocycles. The first-order valence-corrected chi connectivity index (χ1v) is 12.2. The Labute approximate surface area is 208 Å². The van der Waals surface area contributed by atoms with Gasteiger partial charge in [0.05, 0.1) is 6.26 Å². The van der Waals surface area contributed by atoms with Crippen molar-refractivity contribution in [3.8, 4) is 0 Å². The first-order chi connectivity index (χ1) is 16.3. The van der Waals surface area contributed by atoms with E-state index in [0.29, 0.717) is 18.4 Å². The Hall–Kier alpha value is -2.26. The van der Waals surface area contributed by atoms with E-state index in [-0.39, 0.29) is 23.9 Å². The van der Waals surface area contributed by atoms with Gasteiger partial charge in [-0.05, 0) is 61.0 Å². The maximum atomic E-state index is 15.4. The van der Waals surface area contributed by atoms with Crippen molar-refractivity contribution in [2.45, 2.75) is 64.6 Å². The molecule has 2 fully saturated rings. The van der Waals surface area contributed by atoms with Crippen molar-refractivity contribution < 1.29 is 37.4 Å². The molecule has 1 aromatic rings. The van der Waals surface area contributed by atoms with Crippen molar-refractivity contribution in [3.05, 3.63) is 48.0 Å². The third-order valence-corrected chi connectivity index (χ3v) is 8.86. The molecule has 0 saturated heterocycles. The third-order valence-electron chi connectivity index (χ3n) is 8.53. The van der Waals surface area contributed by atoms with Gasteiger partial charge in [-0.1, -0.05) is 26.8 Å². The quantitative estimate of drug-likeness (QED) is 0.424. The summed E-state index contributed by atoms with van der Waals surface area (Å²) in [5.41, 5.74) is -3.56. The zero-order chi connectivity index (χ0) is 25.8. The Balaban J connectivity index is 1.76. The minimum Gasteiger partial charge on any atom is -0.457 e. The van der Waals surface area contributed by atoms with Gasteiger partial charge in [0.25, 0.3) is 0 Å². The van der Waals surface area contributed by atoms with Gasteiger partial charge < -0.3 is 14.3 Å². The van der Waals surface area contributed by atoms with E-state index < -0.39 is 58.3 Å². The normalized spacial score (nSPS) is 39.6. The minimum absolute atomic E-state index is 0.0703. The Morgan fingerprint density at radius 2 is 2.06 bits per heavy atom. The van der Waals surface area contributed by atoms with Crippen molar-refractivity contribution in [1.29, 1.82) is 0 Å². The van der Waals surface area contributed by atoms with E-state index >= 15 is 4.39 Å². The molecule has 0 spiro atoms. The average Bonchev–Trinajstić information content (AvgIpc) is 3.36.